The van der Waals surface area contributed by atoms with Gasteiger partial charge in [-0.1, -0.05) is 18.2 Å². The minimum Gasteiger partial charge on any atom is -0.495 e. The number of anilines is 2. The molecule has 1 fully saturated rings. The number of alkyl halides is 2. The number of nitrogens with one attached hydrogen (secondary N) is 1. The molecule has 3 aromatic rings. The fourth-order valence-electron chi connectivity index (χ4n) is 3.78. The van der Waals surface area contributed by atoms with Gasteiger partial charge in [0.1, 0.15) is 11.6 Å². The van der Waals surface area contributed by atoms with Crippen LogP contribution in [0.2, 0.25) is 0 Å². The number of aromatic nitrogens is 1. The molecular formula is C23H24F3N3O2. The molecule has 2 heterocycles. The molecule has 2 aromatic carbocycles. The van der Waals surface area contributed by atoms with Crippen LogP contribution in [0.15, 0.2) is 42.6 Å². The van der Waals surface area contributed by atoms with E-state index in [9.17, 15) is 13.2 Å². The first-order valence-corrected chi connectivity index (χ1v) is 10.1. The van der Waals surface area contributed by atoms with E-state index in [0.29, 0.717) is 31.4 Å². The van der Waals surface area contributed by atoms with Gasteiger partial charge in [-0.3, -0.25) is 4.98 Å². The van der Waals surface area contributed by atoms with E-state index < -0.39 is 17.3 Å². The van der Waals surface area contributed by atoms with Crippen LogP contribution in [-0.4, -0.2) is 38.4 Å². The number of methoxy groups -OCH3 is 1. The number of hydrogen-bond acceptors (Lipinski definition) is 5. The van der Waals surface area contributed by atoms with Crippen LogP contribution >= 0.6 is 0 Å². The second-order valence-corrected chi connectivity index (χ2v) is 7.52. The quantitative estimate of drug-likeness (QED) is 0.599. The summed E-state index contributed by atoms with van der Waals surface area (Å²) in [6.07, 6.45) is 1.64. The van der Waals surface area contributed by atoms with Crippen molar-refractivity contribution < 1.29 is 22.6 Å². The molecule has 31 heavy (non-hydrogen) atoms. The van der Waals surface area contributed by atoms with E-state index >= 15 is 0 Å². The Bertz CT molecular complexity index is 1080. The van der Waals surface area contributed by atoms with Gasteiger partial charge in [-0.15, -0.1) is 0 Å². The molecule has 1 aliphatic rings. The standard InChI is InChI=1S/C23H24F3N3O2/c1-23(25,26)17-5-3-4-15(22(17)24)14-28-18-6-7-27-19-13-21(30-2)20(12-16(18)19)29-8-10-31-11-9-29/h3-7,12-13H,8-11,14H2,1-2H3,(H,27,28). The Hall–Kier alpha value is -3.00. The lowest BCUT2D eigenvalue weighted by atomic mass is 10.0. The zero-order chi connectivity index (χ0) is 22.0. The van der Waals surface area contributed by atoms with Gasteiger partial charge in [-0.05, 0) is 12.1 Å². The molecule has 164 valence electrons. The Balaban J connectivity index is 1.67. The number of halogens is 3. The third-order valence-electron chi connectivity index (χ3n) is 5.41. The average molecular weight is 431 g/mol. The molecule has 0 bridgehead atoms. The van der Waals surface area contributed by atoms with Crippen molar-refractivity contribution >= 4 is 22.3 Å². The maximum absolute atomic E-state index is 14.6. The van der Waals surface area contributed by atoms with Gasteiger partial charge in [0.05, 0.1) is 37.1 Å². The zero-order valence-corrected chi connectivity index (χ0v) is 17.4. The smallest absolute Gasteiger partial charge is 0.273 e. The van der Waals surface area contributed by atoms with Crippen molar-refractivity contribution in [2.75, 3.05) is 43.6 Å². The Morgan fingerprint density at radius 2 is 1.97 bits per heavy atom. The van der Waals surface area contributed by atoms with Gasteiger partial charge in [-0.2, -0.15) is 0 Å². The summed E-state index contributed by atoms with van der Waals surface area (Å²) in [4.78, 5) is 6.60. The molecule has 8 heteroatoms. The highest BCUT2D eigenvalue weighted by Gasteiger charge is 2.29. The highest BCUT2D eigenvalue weighted by Crippen LogP contribution is 2.36. The monoisotopic (exact) mass is 431 g/mol. The first kappa shape index (κ1) is 21.2. The molecule has 0 atom stereocenters. The molecule has 1 aliphatic heterocycles. The van der Waals surface area contributed by atoms with Crippen LogP contribution in [0.3, 0.4) is 0 Å². The van der Waals surface area contributed by atoms with Crippen LogP contribution in [0.1, 0.15) is 18.1 Å². The van der Waals surface area contributed by atoms with Crippen molar-refractivity contribution in [2.24, 2.45) is 0 Å². The maximum Gasteiger partial charge on any atom is 0.273 e. The Morgan fingerprint density at radius 1 is 1.19 bits per heavy atom. The van der Waals surface area contributed by atoms with E-state index in [2.05, 4.69) is 15.2 Å². The highest BCUT2D eigenvalue weighted by atomic mass is 19.3. The lowest BCUT2D eigenvalue weighted by molar-refractivity contribution is 0.0136. The van der Waals surface area contributed by atoms with E-state index in [1.54, 1.807) is 19.4 Å². The van der Waals surface area contributed by atoms with Crippen LogP contribution < -0.4 is 15.0 Å². The van der Waals surface area contributed by atoms with Gasteiger partial charge < -0.3 is 19.7 Å². The number of benzene rings is 2. The van der Waals surface area contributed by atoms with Gasteiger partial charge in [-0.25, -0.2) is 13.2 Å². The summed E-state index contributed by atoms with van der Waals surface area (Å²) in [5.41, 5.74) is 1.94. The van der Waals surface area contributed by atoms with Crippen LogP contribution in [0.5, 0.6) is 5.75 Å². The predicted octanol–water partition coefficient (Wildman–Crippen LogP) is 4.94. The van der Waals surface area contributed by atoms with Crippen LogP contribution in [0.25, 0.3) is 10.9 Å². The minimum absolute atomic E-state index is 0.0633. The van der Waals surface area contributed by atoms with E-state index in [-0.39, 0.29) is 12.1 Å². The van der Waals surface area contributed by atoms with Gasteiger partial charge in [0, 0.05) is 55.5 Å². The second-order valence-electron chi connectivity index (χ2n) is 7.52. The maximum atomic E-state index is 14.6. The number of hydrogen-bond donors (Lipinski definition) is 1. The van der Waals surface area contributed by atoms with E-state index in [4.69, 9.17) is 9.47 Å². The summed E-state index contributed by atoms with van der Waals surface area (Å²) in [5.74, 6) is -3.42. The third kappa shape index (κ3) is 4.39. The largest absolute Gasteiger partial charge is 0.495 e. The molecule has 0 aliphatic carbocycles. The molecule has 0 saturated carbocycles. The second kappa shape index (κ2) is 8.63. The SMILES string of the molecule is COc1cc2nccc(NCc3cccc(C(C)(F)F)c3F)c2cc1N1CCOCC1. The average Bonchev–Trinajstić information content (AvgIpc) is 2.77. The molecule has 1 N–H and O–H groups in total. The summed E-state index contributed by atoms with van der Waals surface area (Å²) in [6.45, 7) is 3.52. The van der Waals surface area contributed by atoms with E-state index in [1.807, 2.05) is 12.1 Å². The molecule has 1 saturated heterocycles. The number of nitrogens with zero attached hydrogens (tertiary/aromatic N) is 2. The topological polar surface area (TPSA) is 46.6 Å². The van der Waals surface area contributed by atoms with Crippen molar-refractivity contribution in [1.29, 1.82) is 0 Å². The summed E-state index contributed by atoms with van der Waals surface area (Å²) in [5, 5.41) is 4.02. The Morgan fingerprint density at radius 3 is 2.68 bits per heavy atom. The molecule has 0 spiro atoms. The summed E-state index contributed by atoms with van der Waals surface area (Å²) in [6, 6.07) is 9.70. The van der Waals surface area contributed by atoms with Gasteiger partial charge in [0.2, 0.25) is 0 Å². The number of pyridine rings is 1. The van der Waals surface area contributed by atoms with E-state index in [1.165, 1.54) is 12.1 Å². The summed E-state index contributed by atoms with van der Waals surface area (Å²) >= 11 is 0. The minimum atomic E-state index is -3.24. The number of morpholine rings is 1. The molecule has 1 aromatic heterocycles. The third-order valence-corrected chi connectivity index (χ3v) is 5.41. The normalized spacial score (nSPS) is 14.7. The van der Waals surface area contributed by atoms with Crippen molar-refractivity contribution in [3.63, 3.8) is 0 Å². The molecule has 0 unspecified atom stereocenters. The van der Waals surface area contributed by atoms with Crippen LogP contribution in [-0.2, 0) is 17.2 Å². The van der Waals surface area contributed by atoms with Gasteiger partial charge in [0.15, 0.2) is 0 Å². The Labute approximate surface area is 178 Å². The highest BCUT2D eigenvalue weighted by molar-refractivity contribution is 5.95. The number of fused-ring (bicyclic) bond motifs is 1. The number of ether oxygens (including phenoxy) is 2. The Kier molecular flexibility index (Phi) is 5.91. The fraction of sp³-hybridized carbons (Fsp3) is 0.348. The fourth-order valence-corrected chi connectivity index (χ4v) is 3.78. The first-order valence-electron chi connectivity index (χ1n) is 10.1. The van der Waals surface area contributed by atoms with Crippen molar-refractivity contribution in [1.82, 2.24) is 4.98 Å². The van der Waals surface area contributed by atoms with Crippen molar-refractivity contribution in [3.05, 3.63) is 59.5 Å². The molecule has 5 nitrogen and oxygen atoms in total. The zero-order valence-electron chi connectivity index (χ0n) is 17.4. The van der Waals surface area contributed by atoms with Crippen LogP contribution in [0.4, 0.5) is 24.5 Å². The van der Waals surface area contributed by atoms with Gasteiger partial charge >= 0.3 is 0 Å². The lowest BCUT2D eigenvalue weighted by Gasteiger charge is -2.30. The van der Waals surface area contributed by atoms with Crippen LogP contribution in [0, 0.1) is 5.82 Å². The molecule has 4 rings (SSSR count). The van der Waals surface area contributed by atoms with Crippen molar-refractivity contribution in [3.8, 4) is 5.75 Å². The molecule has 0 amide bonds. The number of rotatable bonds is 6. The molecular weight excluding hydrogens is 407 g/mol. The first-order chi connectivity index (χ1) is 14.9. The summed E-state index contributed by atoms with van der Waals surface area (Å²) < 4.78 is 53.0. The lowest BCUT2D eigenvalue weighted by Crippen LogP contribution is -2.36. The van der Waals surface area contributed by atoms with Gasteiger partial charge in [0.25, 0.3) is 5.92 Å². The van der Waals surface area contributed by atoms with Crippen molar-refractivity contribution in [2.45, 2.75) is 19.4 Å². The predicted molar refractivity (Wildman–Crippen MR) is 115 cm³/mol. The summed E-state index contributed by atoms with van der Waals surface area (Å²) in [7, 11) is 1.62. The molecule has 0 radical (unpaired) electrons. The van der Waals surface area contributed by atoms with E-state index in [0.717, 1.165) is 35.9 Å².